The molecule has 9 heteroatoms. The third kappa shape index (κ3) is 3.33. The maximum absolute atomic E-state index is 14.3. The Morgan fingerprint density at radius 3 is 2.29 bits per heavy atom. The summed E-state index contributed by atoms with van der Waals surface area (Å²) in [6.45, 7) is 1.54. The second-order valence-corrected chi connectivity index (χ2v) is 7.45. The van der Waals surface area contributed by atoms with Gasteiger partial charge in [0.15, 0.2) is 5.54 Å². The van der Waals surface area contributed by atoms with Crippen LogP contribution in [0.5, 0.6) is 0 Å². The molecule has 148 valence electrons. The number of carboxylic acid groups (broad SMARTS) is 1. The summed E-state index contributed by atoms with van der Waals surface area (Å²) in [5.41, 5.74) is -1.66. The fraction of sp³-hybridized carbons (Fsp3) is 0.263. The lowest BCUT2D eigenvalue weighted by molar-refractivity contribution is -0.255. The molecule has 0 saturated carbocycles. The molecule has 0 N–H and O–H groups in total. The van der Waals surface area contributed by atoms with Crippen molar-refractivity contribution >= 4 is 34.9 Å². The van der Waals surface area contributed by atoms with Crippen molar-refractivity contribution in [1.82, 2.24) is 5.01 Å². The Morgan fingerprint density at radius 1 is 1.18 bits per heavy atom. The van der Waals surface area contributed by atoms with Crippen LogP contribution in [0.2, 0.25) is 10.0 Å². The fourth-order valence-corrected chi connectivity index (χ4v) is 3.95. The van der Waals surface area contributed by atoms with Gasteiger partial charge in [-0.3, -0.25) is 5.01 Å². The Labute approximate surface area is 169 Å². The monoisotopic (exact) mass is 429 g/mol. The van der Waals surface area contributed by atoms with Crippen molar-refractivity contribution in [3.8, 4) is 0 Å². The highest BCUT2D eigenvalue weighted by Crippen LogP contribution is 2.50. The van der Waals surface area contributed by atoms with Gasteiger partial charge in [-0.05, 0) is 47.9 Å². The van der Waals surface area contributed by atoms with E-state index in [4.69, 9.17) is 23.2 Å². The molecule has 0 spiro atoms. The summed E-state index contributed by atoms with van der Waals surface area (Å²) in [6.07, 6.45) is -5.16. The number of carboxylic acids is 1. The van der Waals surface area contributed by atoms with E-state index in [0.717, 1.165) is 5.01 Å². The van der Waals surface area contributed by atoms with Crippen molar-refractivity contribution in [2.45, 2.75) is 25.1 Å². The van der Waals surface area contributed by atoms with Crippen molar-refractivity contribution < 1.29 is 23.1 Å². The van der Waals surface area contributed by atoms with Crippen LogP contribution in [0.25, 0.3) is 0 Å². The zero-order valence-corrected chi connectivity index (χ0v) is 16.3. The maximum atomic E-state index is 14.3. The van der Waals surface area contributed by atoms with E-state index in [2.05, 4.69) is 5.10 Å². The highest BCUT2D eigenvalue weighted by Gasteiger charge is 2.62. The molecule has 0 fully saturated rings. The minimum atomic E-state index is -4.68. The molecule has 0 aromatic heterocycles. The molecule has 2 aromatic rings. The first-order chi connectivity index (χ1) is 13.0. The first-order valence-corrected chi connectivity index (χ1v) is 8.88. The lowest BCUT2D eigenvalue weighted by Gasteiger charge is -2.37. The van der Waals surface area contributed by atoms with Crippen LogP contribution in [0.15, 0.2) is 41.5 Å². The molecule has 1 aliphatic heterocycles. The minimum Gasteiger partial charge on any atom is -0.545 e. The van der Waals surface area contributed by atoms with Crippen molar-refractivity contribution in [2.75, 3.05) is 7.05 Å². The zero-order valence-electron chi connectivity index (χ0n) is 14.8. The molecule has 0 amide bonds. The molecule has 1 atom stereocenters. The Hall–Kier alpha value is -2.25. The SMILES string of the molecule is Cc1cc(C2=NN(C)C(c3cc(Cl)cc(Cl)c3)(C(F)(F)F)C2)ccc1C(=O)[O-]. The van der Waals surface area contributed by atoms with Crippen LogP contribution in [0, 0.1) is 6.92 Å². The number of aromatic carboxylic acids is 1. The van der Waals surface area contributed by atoms with Gasteiger partial charge in [0, 0.05) is 29.1 Å². The molecule has 2 aromatic carbocycles. The van der Waals surface area contributed by atoms with Crippen LogP contribution in [0.3, 0.4) is 0 Å². The van der Waals surface area contributed by atoms with Gasteiger partial charge in [-0.1, -0.05) is 35.3 Å². The number of halogens is 5. The van der Waals surface area contributed by atoms with Gasteiger partial charge in [0.1, 0.15) is 0 Å². The first-order valence-electron chi connectivity index (χ1n) is 8.12. The van der Waals surface area contributed by atoms with Crippen LogP contribution < -0.4 is 5.11 Å². The summed E-state index contributed by atoms with van der Waals surface area (Å²) in [5.74, 6) is -1.35. The van der Waals surface area contributed by atoms with E-state index in [1.54, 1.807) is 6.92 Å². The average Bonchev–Trinajstić information content (AvgIpc) is 2.92. The molecule has 4 nitrogen and oxygen atoms in total. The number of nitrogens with zero attached hydrogens (tertiary/aromatic N) is 2. The van der Waals surface area contributed by atoms with Gasteiger partial charge in [0.2, 0.25) is 0 Å². The summed E-state index contributed by atoms with van der Waals surface area (Å²) in [6, 6.07) is 8.00. The molecular formula is C19H14Cl2F3N2O2-. The smallest absolute Gasteiger partial charge is 0.417 e. The number of alkyl halides is 3. The van der Waals surface area contributed by atoms with Gasteiger partial charge in [0.05, 0.1) is 11.7 Å². The second kappa shape index (κ2) is 6.97. The van der Waals surface area contributed by atoms with E-state index in [9.17, 15) is 23.1 Å². The first kappa shape index (κ1) is 20.5. The lowest BCUT2D eigenvalue weighted by atomic mass is 9.83. The van der Waals surface area contributed by atoms with E-state index in [-0.39, 0.29) is 26.9 Å². The second-order valence-electron chi connectivity index (χ2n) is 6.58. The molecule has 0 saturated heterocycles. The van der Waals surface area contributed by atoms with Gasteiger partial charge < -0.3 is 9.90 Å². The summed E-state index contributed by atoms with van der Waals surface area (Å²) in [4.78, 5) is 11.1. The quantitative estimate of drug-likeness (QED) is 0.735. The fourth-order valence-electron chi connectivity index (χ4n) is 3.42. The molecule has 1 aliphatic rings. The van der Waals surface area contributed by atoms with Crippen LogP contribution in [-0.2, 0) is 5.54 Å². The Balaban J connectivity index is 2.10. The third-order valence-electron chi connectivity index (χ3n) is 4.84. The largest absolute Gasteiger partial charge is 0.545 e. The number of rotatable bonds is 3. The Bertz CT molecular complexity index is 971. The van der Waals surface area contributed by atoms with Crippen molar-refractivity contribution in [3.05, 3.63) is 68.7 Å². The molecule has 1 unspecified atom stereocenters. The summed E-state index contributed by atoms with van der Waals surface area (Å²) < 4.78 is 42.8. The maximum Gasteiger partial charge on any atom is 0.417 e. The number of hydrogen-bond donors (Lipinski definition) is 0. The molecular weight excluding hydrogens is 416 g/mol. The molecule has 1 heterocycles. The number of benzene rings is 2. The van der Waals surface area contributed by atoms with E-state index >= 15 is 0 Å². The molecule has 3 rings (SSSR count). The molecule has 0 aliphatic carbocycles. The van der Waals surface area contributed by atoms with E-state index in [1.807, 2.05) is 0 Å². The number of carbonyl (C=O) groups is 1. The minimum absolute atomic E-state index is 0.0283. The van der Waals surface area contributed by atoms with Gasteiger partial charge in [-0.25, -0.2) is 0 Å². The van der Waals surface area contributed by atoms with Gasteiger partial charge in [0.25, 0.3) is 0 Å². The summed E-state index contributed by atoms with van der Waals surface area (Å²) in [5, 5.41) is 16.2. The number of hydrogen-bond acceptors (Lipinski definition) is 4. The third-order valence-corrected chi connectivity index (χ3v) is 5.27. The van der Waals surface area contributed by atoms with Crippen LogP contribution in [0.4, 0.5) is 13.2 Å². The van der Waals surface area contributed by atoms with Gasteiger partial charge in [-0.2, -0.15) is 18.3 Å². The van der Waals surface area contributed by atoms with E-state index in [1.165, 1.54) is 43.4 Å². The number of hydrazone groups is 1. The van der Waals surface area contributed by atoms with E-state index in [0.29, 0.717) is 11.1 Å². The highest BCUT2D eigenvalue weighted by atomic mass is 35.5. The van der Waals surface area contributed by atoms with Crippen molar-refractivity contribution in [3.63, 3.8) is 0 Å². The van der Waals surface area contributed by atoms with E-state index < -0.39 is 24.1 Å². The van der Waals surface area contributed by atoms with Crippen LogP contribution >= 0.6 is 23.2 Å². The predicted octanol–water partition coefficient (Wildman–Crippen LogP) is 4.16. The number of aryl methyl sites for hydroxylation is 1. The Kier molecular flexibility index (Phi) is 5.10. The summed E-state index contributed by atoms with van der Waals surface area (Å²) in [7, 11) is 1.23. The number of carbonyl (C=O) groups excluding carboxylic acids is 1. The molecule has 0 bridgehead atoms. The van der Waals surface area contributed by atoms with Gasteiger partial charge >= 0.3 is 6.18 Å². The lowest BCUT2D eigenvalue weighted by Crippen LogP contribution is -2.50. The van der Waals surface area contributed by atoms with Crippen LogP contribution in [-0.4, -0.2) is 29.9 Å². The standard InChI is InChI=1S/C19H15Cl2F3N2O2/c1-10-5-11(3-4-15(10)17(27)28)16-9-18(19(22,23)24,26(2)25-16)12-6-13(20)8-14(21)7-12/h3-8H,9H2,1-2H3,(H,27,28)/p-1. The molecule has 0 radical (unpaired) electrons. The Morgan fingerprint density at radius 2 is 1.79 bits per heavy atom. The highest BCUT2D eigenvalue weighted by molar-refractivity contribution is 6.34. The molecule has 28 heavy (non-hydrogen) atoms. The van der Waals surface area contributed by atoms with Crippen molar-refractivity contribution in [1.29, 1.82) is 0 Å². The van der Waals surface area contributed by atoms with Crippen LogP contribution in [0.1, 0.15) is 33.5 Å². The topological polar surface area (TPSA) is 55.7 Å². The normalized spacial score (nSPS) is 19.7. The van der Waals surface area contributed by atoms with Crippen molar-refractivity contribution in [2.24, 2.45) is 5.10 Å². The predicted molar refractivity (Wildman–Crippen MR) is 98.6 cm³/mol. The zero-order chi connectivity index (χ0) is 20.9. The average molecular weight is 430 g/mol. The van der Waals surface area contributed by atoms with Gasteiger partial charge in [-0.15, -0.1) is 0 Å². The summed E-state index contributed by atoms with van der Waals surface area (Å²) >= 11 is 11.9.